The summed E-state index contributed by atoms with van der Waals surface area (Å²) in [5.41, 5.74) is 1.97. The van der Waals surface area contributed by atoms with Crippen LogP contribution in [0.4, 0.5) is 5.69 Å². The Morgan fingerprint density at radius 1 is 1.00 bits per heavy atom. The van der Waals surface area contributed by atoms with E-state index in [1.165, 1.54) is 12.1 Å². The number of nitrogens with zero attached hydrogens (tertiary/aromatic N) is 2. The van der Waals surface area contributed by atoms with E-state index in [9.17, 15) is 14.9 Å². The first kappa shape index (κ1) is 15.2. The zero-order valence-corrected chi connectivity index (χ0v) is 13.0. The molecule has 1 aliphatic rings. The van der Waals surface area contributed by atoms with Crippen molar-refractivity contribution in [1.82, 2.24) is 4.90 Å². The second-order valence-electron chi connectivity index (χ2n) is 6.02. The first-order valence-electron chi connectivity index (χ1n) is 7.62. The summed E-state index contributed by atoms with van der Waals surface area (Å²) >= 11 is 0. The summed E-state index contributed by atoms with van der Waals surface area (Å²) < 4.78 is 0. The lowest BCUT2D eigenvalue weighted by atomic mass is 9.77. The van der Waals surface area contributed by atoms with Gasteiger partial charge in [-0.25, -0.2) is 0 Å². The number of nitro groups is 1. The van der Waals surface area contributed by atoms with Crippen LogP contribution in [-0.4, -0.2) is 21.8 Å². The van der Waals surface area contributed by atoms with E-state index in [1.54, 1.807) is 12.1 Å². The van der Waals surface area contributed by atoms with E-state index in [4.69, 9.17) is 0 Å². The smallest absolute Gasteiger partial charge is 0.269 e. The molecule has 0 saturated carbocycles. The van der Waals surface area contributed by atoms with Crippen molar-refractivity contribution in [2.45, 2.75) is 31.8 Å². The van der Waals surface area contributed by atoms with Gasteiger partial charge >= 0.3 is 0 Å². The number of non-ortho nitro benzene ring substituents is 1. The van der Waals surface area contributed by atoms with Crippen LogP contribution in [0.2, 0.25) is 0 Å². The van der Waals surface area contributed by atoms with Gasteiger partial charge in [0.2, 0.25) is 5.91 Å². The molecule has 0 unspecified atom stereocenters. The Labute approximate surface area is 134 Å². The summed E-state index contributed by atoms with van der Waals surface area (Å²) in [6.07, 6.45) is 0. The van der Waals surface area contributed by atoms with Crippen LogP contribution in [0, 0.1) is 10.1 Å². The molecule has 1 heterocycles. The van der Waals surface area contributed by atoms with Gasteiger partial charge < -0.3 is 4.90 Å². The number of hydrogen-bond donors (Lipinski definition) is 0. The lowest BCUT2D eigenvalue weighted by Gasteiger charge is -2.50. The molecule has 1 saturated heterocycles. The quantitative estimate of drug-likeness (QED) is 0.492. The standard InChI is InChI=1S/C18H18N2O3/c1-12(2)19-17(14-8-10-15(11-9-14)20(22)23)16(18(19)21)13-6-4-3-5-7-13/h3-12,16-17H,1-2H3/t16-,17-/m0/s1. The normalized spacial score (nSPS) is 20.5. The van der Waals surface area contributed by atoms with Crippen molar-refractivity contribution in [3.63, 3.8) is 0 Å². The molecule has 0 aliphatic carbocycles. The van der Waals surface area contributed by atoms with Crippen LogP contribution in [0.3, 0.4) is 0 Å². The molecule has 0 spiro atoms. The Hall–Kier alpha value is -2.69. The Bertz CT molecular complexity index is 726. The summed E-state index contributed by atoms with van der Waals surface area (Å²) in [7, 11) is 0. The number of hydrogen-bond acceptors (Lipinski definition) is 3. The molecule has 0 N–H and O–H groups in total. The van der Waals surface area contributed by atoms with Gasteiger partial charge in [-0.1, -0.05) is 42.5 Å². The molecule has 2 aromatic carbocycles. The zero-order valence-electron chi connectivity index (χ0n) is 13.0. The van der Waals surface area contributed by atoms with Gasteiger partial charge in [0.1, 0.15) is 0 Å². The first-order chi connectivity index (χ1) is 11.0. The van der Waals surface area contributed by atoms with Gasteiger partial charge in [0.25, 0.3) is 5.69 Å². The molecule has 2 atom stereocenters. The minimum atomic E-state index is -0.412. The summed E-state index contributed by atoms with van der Waals surface area (Å²) in [6.45, 7) is 3.97. The van der Waals surface area contributed by atoms with Crippen LogP contribution in [0.25, 0.3) is 0 Å². The first-order valence-corrected chi connectivity index (χ1v) is 7.62. The van der Waals surface area contributed by atoms with Crippen LogP contribution >= 0.6 is 0 Å². The molecular weight excluding hydrogens is 292 g/mol. The van der Waals surface area contributed by atoms with E-state index in [0.717, 1.165) is 11.1 Å². The van der Waals surface area contributed by atoms with Gasteiger partial charge in [0, 0.05) is 18.2 Å². The number of rotatable bonds is 4. The highest BCUT2D eigenvalue weighted by molar-refractivity contribution is 5.91. The predicted octanol–water partition coefficient (Wildman–Crippen LogP) is 3.67. The Morgan fingerprint density at radius 2 is 1.61 bits per heavy atom. The Balaban J connectivity index is 1.98. The van der Waals surface area contributed by atoms with E-state index in [-0.39, 0.29) is 29.6 Å². The number of amides is 1. The maximum absolute atomic E-state index is 12.6. The molecule has 23 heavy (non-hydrogen) atoms. The molecule has 0 bridgehead atoms. The third-order valence-electron chi connectivity index (χ3n) is 4.30. The Morgan fingerprint density at radius 3 is 2.13 bits per heavy atom. The summed E-state index contributed by atoms with van der Waals surface area (Å²) in [6, 6.07) is 16.2. The summed E-state index contributed by atoms with van der Waals surface area (Å²) in [5, 5.41) is 10.8. The fourth-order valence-corrected chi connectivity index (χ4v) is 3.22. The van der Waals surface area contributed by atoms with Crippen molar-refractivity contribution in [3.8, 4) is 0 Å². The van der Waals surface area contributed by atoms with Crippen LogP contribution in [0.1, 0.15) is 36.9 Å². The van der Waals surface area contributed by atoms with Gasteiger partial charge in [-0.15, -0.1) is 0 Å². The molecular formula is C18H18N2O3. The highest BCUT2D eigenvalue weighted by Gasteiger charge is 2.49. The highest BCUT2D eigenvalue weighted by Crippen LogP contribution is 2.47. The SMILES string of the molecule is CC(C)N1C(=O)[C@@H](c2ccccc2)[C@@H]1c1ccc([N+](=O)[O-])cc1. The summed E-state index contributed by atoms with van der Waals surface area (Å²) in [5.74, 6) is -0.116. The maximum atomic E-state index is 12.6. The third-order valence-corrected chi connectivity index (χ3v) is 4.30. The van der Waals surface area contributed by atoms with E-state index >= 15 is 0 Å². The van der Waals surface area contributed by atoms with Gasteiger partial charge in [0.15, 0.2) is 0 Å². The number of likely N-dealkylation sites (tertiary alicyclic amines) is 1. The molecule has 5 nitrogen and oxygen atoms in total. The molecule has 1 aliphatic heterocycles. The van der Waals surface area contributed by atoms with Crippen molar-refractivity contribution < 1.29 is 9.72 Å². The van der Waals surface area contributed by atoms with Gasteiger partial charge in [0.05, 0.1) is 16.9 Å². The minimum absolute atomic E-state index is 0.0618. The average Bonchev–Trinajstić information content (AvgIpc) is 2.53. The van der Waals surface area contributed by atoms with Gasteiger partial charge in [-0.3, -0.25) is 14.9 Å². The number of carbonyl (C=O) groups is 1. The largest absolute Gasteiger partial charge is 0.331 e. The van der Waals surface area contributed by atoms with Crippen LogP contribution in [0.15, 0.2) is 54.6 Å². The molecule has 118 valence electrons. The van der Waals surface area contributed by atoms with Crippen molar-refractivity contribution in [2.75, 3.05) is 0 Å². The van der Waals surface area contributed by atoms with Crippen LogP contribution in [-0.2, 0) is 4.79 Å². The minimum Gasteiger partial charge on any atom is -0.331 e. The Kier molecular flexibility index (Phi) is 3.86. The van der Waals surface area contributed by atoms with Crippen LogP contribution in [0.5, 0.6) is 0 Å². The molecule has 3 rings (SSSR count). The highest BCUT2D eigenvalue weighted by atomic mass is 16.6. The maximum Gasteiger partial charge on any atom is 0.269 e. The number of nitro benzene ring substituents is 1. The fraction of sp³-hybridized carbons (Fsp3) is 0.278. The van der Waals surface area contributed by atoms with Gasteiger partial charge in [-0.2, -0.15) is 0 Å². The van der Waals surface area contributed by atoms with Crippen molar-refractivity contribution in [3.05, 3.63) is 75.8 Å². The second kappa shape index (κ2) is 5.83. The molecule has 1 amide bonds. The zero-order chi connectivity index (χ0) is 16.6. The lowest BCUT2D eigenvalue weighted by Crippen LogP contribution is -2.56. The molecule has 0 radical (unpaired) electrons. The van der Waals surface area contributed by atoms with Gasteiger partial charge in [-0.05, 0) is 25.0 Å². The van der Waals surface area contributed by atoms with Crippen LogP contribution < -0.4 is 0 Å². The fourth-order valence-electron chi connectivity index (χ4n) is 3.22. The molecule has 2 aromatic rings. The second-order valence-corrected chi connectivity index (χ2v) is 6.02. The van der Waals surface area contributed by atoms with Crippen molar-refractivity contribution in [2.24, 2.45) is 0 Å². The third kappa shape index (κ3) is 2.59. The topological polar surface area (TPSA) is 63.5 Å². The van der Waals surface area contributed by atoms with E-state index in [1.807, 2.05) is 49.1 Å². The number of benzene rings is 2. The predicted molar refractivity (Wildman–Crippen MR) is 87.0 cm³/mol. The number of β-lactam (4-membered cyclic amide) rings is 1. The van der Waals surface area contributed by atoms with E-state index < -0.39 is 4.92 Å². The molecule has 1 fully saturated rings. The summed E-state index contributed by atoms with van der Waals surface area (Å²) in [4.78, 5) is 24.8. The molecule has 0 aromatic heterocycles. The molecule has 5 heteroatoms. The van der Waals surface area contributed by atoms with Crippen molar-refractivity contribution in [1.29, 1.82) is 0 Å². The number of carbonyl (C=O) groups excluding carboxylic acids is 1. The van der Waals surface area contributed by atoms with E-state index in [0.29, 0.717) is 0 Å². The lowest BCUT2D eigenvalue weighted by molar-refractivity contribution is -0.384. The van der Waals surface area contributed by atoms with E-state index in [2.05, 4.69) is 0 Å². The van der Waals surface area contributed by atoms with Crippen molar-refractivity contribution >= 4 is 11.6 Å². The average molecular weight is 310 g/mol. The monoisotopic (exact) mass is 310 g/mol.